The summed E-state index contributed by atoms with van der Waals surface area (Å²) in [6.45, 7) is 5.07. The average molecular weight is 423 g/mol. The summed E-state index contributed by atoms with van der Waals surface area (Å²) < 4.78 is 62.2. The molecule has 4 nitrogen and oxygen atoms in total. The molecule has 0 N–H and O–H groups in total. The maximum absolute atomic E-state index is 13.3. The Labute approximate surface area is 170 Å². The first-order chi connectivity index (χ1) is 14.4. The van der Waals surface area contributed by atoms with Gasteiger partial charge >= 0.3 is 0 Å². The highest BCUT2D eigenvalue weighted by Gasteiger charge is 2.11. The van der Waals surface area contributed by atoms with Crippen LogP contribution in [0.4, 0.5) is 22.1 Å². The molecular formula is C21H18F5N3O. The van der Waals surface area contributed by atoms with E-state index in [2.05, 4.69) is 14.9 Å². The van der Waals surface area contributed by atoms with Gasteiger partial charge in [0.15, 0.2) is 11.6 Å². The molecule has 3 rings (SSSR count). The van der Waals surface area contributed by atoms with Crippen LogP contribution in [0.1, 0.15) is 30.5 Å². The van der Waals surface area contributed by atoms with E-state index in [-0.39, 0.29) is 5.56 Å². The first-order valence-electron chi connectivity index (χ1n) is 8.70. The molecule has 2 aromatic carbocycles. The minimum atomic E-state index is -1.15. The first kappa shape index (κ1) is 24.5. The Bertz CT molecular complexity index is 982. The summed E-state index contributed by atoms with van der Waals surface area (Å²) in [6, 6.07) is 6.73. The molecule has 0 bridgehead atoms. The number of hydrogen-bond acceptors (Lipinski definition) is 4. The molecule has 0 saturated heterocycles. The SMILES string of the molecule is CC.Cc1cnc(-c2ccc(CF)c(F)c2)nc1.N#Cc1c(F)cc(OF)cc1F. The van der Waals surface area contributed by atoms with Crippen LogP contribution in [0.2, 0.25) is 0 Å². The number of hydrogen-bond donors (Lipinski definition) is 0. The van der Waals surface area contributed by atoms with Crippen molar-refractivity contribution >= 4 is 0 Å². The third kappa shape index (κ3) is 6.51. The van der Waals surface area contributed by atoms with Gasteiger partial charge in [0.25, 0.3) is 0 Å². The normalized spacial score (nSPS) is 9.43. The Morgan fingerprint density at radius 1 is 0.967 bits per heavy atom. The smallest absolute Gasteiger partial charge is 0.177 e. The summed E-state index contributed by atoms with van der Waals surface area (Å²) in [5.41, 5.74) is 0.783. The van der Waals surface area contributed by atoms with Crippen LogP contribution < -0.4 is 4.94 Å². The predicted octanol–water partition coefficient (Wildman–Crippen LogP) is 6.19. The molecule has 0 atom stereocenters. The highest BCUT2D eigenvalue weighted by molar-refractivity contribution is 5.55. The van der Waals surface area contributed by atoms with Crippen LogP contribution in [0.3, 0.4) is 0 Å². The lowest BCUT2D eigenvalue weighted by Gasteiger charge is -2.02. The predicted molar refractivity (Wildman–Crippen MR) is 101 cm³/mol. The monoisotopic (exact) mass is 423 g/mol. The lowest BCUT2D eigenvalue weighted by molar-refractivity contribution is -0.00692. The van der Waals surface area contributed by atoms with Gasteiger partial charge in [-0.2, -0.15) is 5.26 Å². The fourth-order valence-electron chi connectivity index (χ4n) is 2.04. The number of rotatable bonds is 3. The Balaban J connectivity index is 0.000000287. The van der Waals surface area contributed by atoms with Crippen molar-refractivity contribution < 1.29 is 27.0 Å². The fraction of sp³-hybridized carbons (Fsp3) is 0.190. The highest BCUT2D eigenvalue weighted by atomic mass is 19.3. The molecule has 0 radical (unpaired) electrons. The molecule has 0 unspecified atom stereocenters. The molecule has 9 heteroatoms. The zero-order valence-corrected chi connectivity index (χ0v) is 16.4. The number of halogens is 5. The summed E-state index contributed by atoms with van der Waals surface area (Å²) >= 11 is 0. The van der Waals surface area contributed by atoms with Crippen molar-refractivity contribution in [2.24, 2.45) is 0 Å². The van der Waals surface area contributed by atoms with Gasteiger partial charge in [0, 0.05) is 40.2 Å². The number of alkyl halides is 1. The van der Waals surface area contributed by atoms with Gasteiger partial charge in [0.2, 0.25) is 0 Å². The molecule has 0 aliphatic heterocycles. The van der Waals surface area contributed by atoms with Gasteiger partial charge in [-0.1, -0.05) is 26.0 Å². The first-order valence-corrected chi connectivity index (χ1v) is 8.70. The van der Waals surface area contributed by atoms with Crippen LogP contribution in [0.25, 0.3) is 11.4 Å². The second-order valence-electron chi connectivity index (χ2n) is 5.47. The number of nitrogens with zero attached hydrogens (tertiary/aromatic N) is 3. The largest absolute Gasteiger partial charge is 0.294 e. The van der Waals surface area contributed by atoms with E-state index in [9.17, 15) is 22.1 Å². The van der Waals surface area contributed by atoms with E-state index in [4.69, 9.17) is 5.26 Å². The van der Waals surface area contributed by atoms with Crippen molar-refractivity contribution in [2.45, 2.75) is 27.4 Å². The summed E-state index contributed by atoms with van der Waals surface area (Å²) in [5.74, 6) is -3.03. The van der Waals surface area contributed by atoms with Crippen LogP contribution in [0.5, 0.6) is 5.75 Å². The van der Waals surface area contributed by atoms with Gasteiger partial charge in [0.05, 0.1) is 0 Å². The van der Waals surface area contributed by atoms with E-state index in [1.165, 1.54) is 18.2 Å². The third-order valence-electron chi connectivity index (χ3n) is 3.45. The van der Waals surface area contributed by atoms with E-state index in [1.807, 2.05) is 20.8 Å². The molecule has 1 aromatic heterocycles. The van der Waals surface area contributed by atoms with Crippen molar-refractivity contribution in [2.75, 3.05) is 0 Å². The van der Waals surface area contributed by atoms with Crippen LogP contribution >= 0.6 is 0 Å². The average Bonchev–Trinajstić information content (AvgIpc) is 2.76. The van der Waals surface area contributed by atoms with Crippen LogP contribution in [-0.4, -0.2) is 9.97 Å². The molecule has 0 spiro atoms. The van der Waals surface area contributed by atoms with Crippen molar-refractivity contribution in [1.29, 1.82) is 5.26 Å². The topological polar surface area (TPSA) is 58.8 Å². The molecule has 0 aliphatic carbocycles. The van der Waals surface area contributed by atoms with Gasteiger partial charge in [0.1, 0.15) is 35.8 Å². The van der Waals surface area contributed by atoms with Gasteiger partial charge in [-0.05, 0) is 18.6 Å². The van der Waals surface area contributed by atoms with E-state index >= 15 is 0 Å². The van der Waals surface area contributed by atoms with Gasteiger partial charge < -0.3 is 0 Å². The summed E-state index contributed by atoms with van der Waals surface area (Å²) in [4.78, 5) is 11.2. The molecule has 0 saturated carbocycles. The quantitative estimate of drug-likeness (QED) is 0.472. The molecular weight excluding hydrogens is 405 g/mol. The lowest BCUT2D eigenvalue weighted by atomic mass is 10.1. The van der Waals surface area contributed by atoms with Crippen LogP contribution in [-0.2, 0) is 6.67 Å². The molecule has 0 fully saturated rings. The molecule has 30 heavy (non-hydrogen) atoms. The Morgan fingerprint density at radius 2 is 1.53 bits per heavy atom. The molecule has 3 aromatic rings. The fourth-order valence-corrected chi connectivity index (χ4v) is 2.04. The minimum Gasteiger partial charge on any atom is -0.294 e. The van der Waals surface area contributed by atoms with Crippen molar-refractivity contribution in [3.05, 3.63) is 76.9 Å². The Morgan fingerprint density at radius 3 is 1.97 bits per heavy atom. The number of aryl methyl sites for hydroxylation is 1. The maximum Gasteiger partial charge on any atom is 0.177 e. The number of nitriles is 1. The van der Waals surface area contributed by atoms with Crippen LogP contribution in [0, 0.1) is 35.7 Å². The molecule has 158 valence electrons. The van der Waals surface area contributed by atoms with Gasteiger partial charge in [-0.25, -0.2) is 27.5 Å². The zero-order chi connectivity index (χ0) is 22.7. The summed E-state index contributed by atoms with van der Waals surface area (Å²) in [5, 5.41) is 8.20. The standard InChI is InChI=1S/C12H10F2N2.C7H2F3NO.C2H6/c1-8-6-15-12(16-7-8)9-2-3-10(5-13)11(14)4-9;8-6-1-4(12-10)2-7(9)5(6)3-11;1-2/h2-4,6-7H,5H2,1H3;1-2H;1-2H3. The number of benzene rings is 2. The molecule has 1 heterocycles. The zero-order valence-electron chi connectivity index (χ0n) is 16.4. The van der Waals surface area contributed by atoms with Gasteiger partial charge in [-0.15, -0.1) is 0 Å². The van der Waals surface area contributed by atoms with Crippen molar-refractivity contribution in [3.8, 4) is 23.2 Å². The lowest BCUT2D eigenvalue weighted by Crippen LogP contribution is -1.92. The second kappa shape index (κ2) is 12.1. The van der Waals surface area contributed by atoms with Crippen LogP contribution in [0.15, 0.2) is 42.7 Å². The molecule has 0 amide bonds. The minimum absolute atomic E-state index is 0.0517. The van der Waals surface area contributed by atoms with Crippen molar-refractivity contribution in [3.63, 3.8) is 0 Å². The van der Waals surface area contributed by atoms with E-state index in [0.29, 0.717) is 23.5 Å². The Hall–Kier alpha value is -3.54. The highest BCUT2D eigenvalue weighted by Crippen LogP contribution is 2.20. The maximum atomic E-state index is 13.3. The van der Waals surface area contributed by atoms with E-state index < -0.39 is 35.4 Å². The van der Waals surface area contributed by atoms with Gasteiger partial charge in [-0.3, -0.25) is 4.94 Å². The Kier molecular flexibility index (Phi) is 9.89. The van der Waals surface area contributed by atoms with Crippen molar-refractivity contribution in [1.82, 2.24) is 9.97 Å². The number of aromatic nitrogens is 2. The third-order valence-corrected chi connectivity index (χ3v) is 3.45. The molecule has 0 aliphatic rings. The van der Waals surface area contributed by atoms with E-state index in [0.717, 1.165) is 5.56 Å². The second-order valence-corrected chi connectivity index (χ2v) is 5.47. The summed E-state index contributed by atoms with van der Waals surface area (Å²) in [7, 11) is 0. The summed E-state index contributed by atoms with van der Waals surface area (Å²) in [6.07, 6.45) is 3.31. The van der Waals surface area contributed by atoms with E-state index in [1.54, 1.807) is 18.5 Å².